The third-order valence-corrected chi connectivity index (χ3v) is 3.70. The predicted octanol–water partition coefficient (Wildman–Crippen LogP) is 2.23. The molecule has 2 aromatic rings. The molecule has 0 unspecified atom stereocenters. The second-order valence-corrected chi connectivity index (χ2v) is 6.29. The lowest BCUT2D eigenvalue weighted by molar-refractivity contribution is 0.0757. The molecule has 0 atom stereocenters. The molecule has 0 radical (unpaired) electrons. The smallest absolute Gasteiger partial charge is 0.262 e. The first-order chi connectivity index (χ1) is 12.9. The van der Waals surface area contributed by atoms with Gasteiger partial charge in [-0.3, -0.25) is 14.3 Å². The fraction of sp³-hybridized carbons (Fsp3) is 0.421. The van der Waals surface area contributed by atoms with Crippen molar-refractivity contribution in [2.45, 2.75) is 26.4 Å². The van der Waals surface area contributed by atoms with E-state index in [1.807, 2.05) is 13.8 Å². The first-order valence-electron chi connectivity index (χ1n) is 8.79. The van der Waals surface area contributed by atoms with Crippen molar-refractivity contribution < 1.29 is 19.1 Å². The van der Waals surface area contributed by atoms with Gasteiger partial charge in [-0.2, -0.15) is 0 Å². The van der Waals surface area contributed by atoms with Crippen LogP contribution in [0.2, 0.25) is 0 Å². The summed E-state index contributed by atoms with van der Waals surface area (Å²) < 4.78 is 12.0. The maximum Gasteiger partial charge on any atom is 0.262 e. The molecule has 0 saturated heterocycles. The van der Waals surface area contributed by atoms with Gasteiger partial charge in [-0.25, -0.2) is 0 Å². The van der Waals surface area contributed by atoms with Gasteiger partial charge in [0.05, 0.1) is 13.2 Å². The molecule has 0 bridgehead atoms. The summed E-state index contributed by atoms with van der Waals surface area (Å²) in [6.45, 7) is 5.11. The number of ether oxygens (including phenoxy) is 2. The Balaban J connectivity index is 1.87. The molecule has 8 nitrogen and oxygen atoms in total. The average molecular weight is 374 g/mol. The monoisotopic (exact) mass is 374 g/mol. The van der Waals surface area contributed by atoms with Gasteiger partial charge in [-0.05, 0) is 44.5 Å². The van der Waals surface area contributed by atoms with Crippen LogP contribution in [0.4, 0.5) is 5.69 Å². The molecule has 1 heterocycles. The van der Waals surface area contributed by atoms with Crippen LogP contribution in [0.5, 0.6) is 5.88 Å². The van der Waals surface area contributed by atoms with E-state index in [9.17, 15) is 9.59 Å². The number of carbonyl (C=O) groups is 2. The van der Waals surface area contributed by atoms with Crippen molar-refractivity contribution in [2.75, 3.05) is 25.6 Å². The van der Waals surface area contributed by atoms with E-state index in [4.69, 9.17) is 9.47 Å². The molecule has 2 rings (SSSR count). The summed E-state index contributed by atoms with van der Waals surface area (Å²) >= 11 is 0. The van der Waals surface area contributed by atoms with Gasteiger partial charge in [-0.15, -0.1) is 5.10 Å². The molecule has 1 aromatic carbocycles. The van der Waals surface area contributed by atoms with Crippen molar-refractivity contribution >= 4 is 17.5 Å². The Labute approximate surface area is 158 Å². The minimum Gasteiger partial charge on any atom is -0.479 e. The summed E-state index contributed by atoms with van der Waals surface area (Å²) in [6.07, 6.45) is 2.53. The maximum absolute atomic E-state index is 12.3. The molecule has 2 amide bonds. The van der Waals surface area contributed by atoms with Gasteiger partial charge in [0, 0.05) is 37.6 Å². The van der Waals surface area contributed by atoms with E-state index in [0.717, 1.165) is 6.42 Å². The molecule has 0 aliphatic rings. The molecule has 0 aliphatic carbocycles. The van der Waals surface area contributed by atoms with E-state index in [0.29, 0.717) is 30.0 Å². The Morgan fingerprint density at radius 2 is 1.89 bits per heavy atom. The van der Waals surface area contributed by atoms with E-state index in [1.165, 1.54) is 11.8 Å². The number of nitrogens with zero attached hydrogens (tertiary/aromatic N) is 2. The Morgan fingerprint density at radius 3 is 2.52 bits per heavy atom. The van der Waals surface area contributed by atoms with E-state index in [-0.39, 0.29) is 23.8 Å². The number of aryl methyl sites for hydroxylation is 1. The maximum atomic E-state index is 12.3. The SMILES string of the molecule is COc1nn(C)cc1C(=O)Nc1ccc(C(=O)NCCCOC(C)C)cc1. The molecule has 0 saturated carbocycles. The zero-order valence-corrected chi connectivity index (χ0v) is 16.1. The van der Waals surface area contributed by atoms with Crippen molar-refractivity contribution in [1.29, 1.82) is 0 Å². The number of aromatic nitrogens is 2. The van der Waals surface area contributed by atoms with Gasteiger partial charge in [0.2, 0.25) is 5.88 Å². The van der Waals surface area contributed by atoms with Crippen molar-refractivity contribution in [3.8, 4) is 5.88 Å². The van der Waals surface area contributed by atoms with E-state index < -0.39 is 0 Å². The van der Waals surface area contributed by atoms with Gasteiger partial charge < -0.3 is 20.1 Å². The number of amides is 2. The zero-order valence-electron chi connectivity index (χ0n) is 16.1. The summed E-state index contributed by atoms with van der Waals surface area (Å²) in [5.74, 6) is -0.235. The first-order valence-corrected chi connectivity index (χ1v) is 8.79. The molecular weight excluding hydrogens is 348 g/mol. The third kappa shape index (κ3) is 6.10. The molecule has 146 valence electrons. The van der Waals surface area contributed by atoms with Crippen LogP contribution in [-0.4, -0.2) is 48.0 Å². The van der Waals surface area contributed by atoms with E-state index >= 15 is 0 Å². The lowest BCUT2D eigenvalue weighted by Crippen LogP contribution is -2.25. The van der Waals surface area contributed by atoms with E-state index in [1.54, 1.807) is 37.5 Å². The summed E-state index contributed by atoms with van der Waals surface area (Å²) in [7, 11) is 3.17. The molecule has 0 spiro atoms. The van der Waals surface area contributed by atoms with Crippen LogP contribution in [-0.2, 0) is 11.8 Å². The molecule has 0 aliphatic heterocycles. The Hall–Kier alpha value is -2.87. The van der Waals surface area contributed by atoms with Crippen LogP contribution in [0.1, 0.15) is 41.0 Å². The molecule has 0 fully saturated rings. The van der Waals surface area contributed by atoms with Crippen LogP contribution in [0, 0.1) is 0 Å². The number of carbonyl (C=O) groups excluding carboxylic acids is 2. The van der Waals surface area contributed by atoms with Crippen LogP contribution in [0.15, 0.2) is 30.5 Å². The minimum atomic E-state index is -0.331. The van der Waals surface area contributed by atoms with Gasteiger partial charge in [-0.1, -0.05) is 0 Å². The zero-order chi connectivity index (χ0) is 19.8. The van der Waals surface area contributed by atoms with Crippen molar-refractivity contribution in [3.05, 3.63) is 41.6 Å². The van der Waals surface area contributed by atoms with Crippen LogP contribution >= 0.6 is 0 Å². The highest BCUT2D eigenvalue weighted by Gasteiger charge is 2.16. The Morgan fingerprint density at radius 1 is 1.19 bits per heavy atom. The Bertz CT molecular complexity index is 769. The highest BCUT2D eigenvalue weighted by atomic mass is 16.5. The molecule has 1 aromatic heterocycles. The summed E-state index contributed by atoms with van der Waals surface area (Å²) in [6, 6.07) is 6.68. The minimum absolute atomic E-state index is 0.161. The lowest BCUT2D eigenvalue weighted by atomic mass is 10.2. The number of hydrogen-bond acceptors (Lipinski definition) is 5. The molecule has 27 heavy (non-hydrogen) atoms. The fourth-order valence-electron chi connectivity index (χ4n) is 2.37. The third-order valence-electron chi connectivity index (χ3n) is 3.70. The highest BCUT2D eigenvalue weighted by molar-refractivity contribution is 6.06. The van der Waals surface area contributed by atoms with Gasteiger partial charge >= 0.3 is 0 Å². The van der Waals surface area contributed by atoms with E-state index in [2.05, 4.69) is 15.7 Å². The van der Waals surface area contributed by atoms with Crippen molar-refractivity contribution in [1.82, 2.24) is 15.1 Å². The largest absolute Gasteiger partial charge is 0.479 e. The quantitative estimate of drug-likeness (QED) is 0.657. The highest BCUT2D eigenvalue weighted by Crippen LogP contribution is 2.17. The standard InChI is InChI=1S/C19H26N4O4/c1-13(2)27-11-5-10-20-17(24)14-6-8-15(9-7-14)21-18(25)16-12-23(3)22-19(16)26-4/h6-9,12-13H,5,10-11H2,1-4H3,(H,20,24)(H,21,25). The molecular formula is C19H26N4O4. The number of nitrogens with one attached hydrogen (secondary N) is 2. The topological polar surface area (TPSA) is 94.5 Å². The fourth-order valence-corrected chi connectivity index (χ4v) is 2.37. The van der Waals surface area contributed by atoms with Crippen LogP contribution in [0.3, 0.4) is 0 Å². The number of methoxy groups -OCH3 is 1. The van der Waals surface area contributed by atoms with Gasteiger partial charge in [0.1, 0.15) is 5.56 Å². The Kier molecular flexibility index (Phi) is 7.36. The second-order valence-electron chi connectivity index (χ2n) is 6.29. The van der Waals surface area contributed by atoms with Crippen molar-refractivity contribution in [2.24, 2.45) is 7.05 Å². The summed E-state index contributed by atoms with van der Waals surface area (Å²) in [5.41, 5.74) is 1.44. The average Bonchev–Trinajstić information content (AvgIpc) is 3.02. The number of benzene rings is 1. The van der Waals surface area contributed by atoms with Crippen molar-refractivity contribution in [3.63, 3.8) is 0 Å². The number of hydrogen-bond donors (Lipinski definition) is 2. The second kappa shape index (κ2) is 9.72. The predicted molar refractivity (Wildman–Crippen MR) is 102 cm³/mol. The number of rotatable bonds is 9. The summed E-state index contributed by atoms with van der Waals surface area (Å²) in [5, 5.41) is 9.66. The normalized spacial score (nSPS) is 10.7. The summed E-state index contributed by atoms with van der Waals surface area (Å²) in [4.78, 5) is 24.5. The van der Waals surface area contributed by atoms with Gasteiger partial charge in [0.25, 0.3) is 11.8 Å². The molecule has 2 N–H and O–H groups in total. The van der Waals surface area contributed by atoms with Crippen LogP contribution < -0.4 is 15.4 Å². The number of anilines is 1. The molecule has 8 heteroatoms. The van der Waals surface area contributed by atoms with Crippen LogP contribution in [0.25, 0.3) is 0 Å². The van der Waals surface area contributed by atoms with Gasteiger partial charge in [0.15, 0.2) is 0 Å². The first kappa shape index (κ1) is 20.4. The lowest BCUT2D eigenvalue weighted by Gasteiger charge is -2.09.